The Balaban J connectivity index is 2.24. The van der Waals surface area contributed by atoms with Gasteiger partial charge >= 0.3 is 5.97 Å². The van der Waals surface area contributed by atoms with Gasteiger partial charge in [-0.2, -0.15) is 0 Å². The Morgan fingerprint density at radius 1 is 1.35 bits per heavy atom. The monoisotopic (exact) mass is 314 g/mol. The average molecular weight is 315 g/mol. The quantitative estimate of drug-likeness (QED) is 0.625. The first-order chi connectivity index (χ1) is 9.54. The maximum Gasteiger partial charge on any atom is 0.316 e. The molecule has 0 heterocycles. The molecule has 2 unspecified atom stereocenters. The minimum Gasteiger partial charge on any atom is -0.465 e. The molecule has 2 atom stereocenters. The highest BCUT2D eigenvalue weighted by atomic mass is 35.5. The third kappa shape index (κ3) is 3.15. The Bertz CT molecular complexity index is 528. The minimum absolute atomic E-state index is 0.0982. The summed E-state index contributed by atoms with van der Waals surface area (Å²) in [6, 6.07) is 5.10. The Hall–Kier alpha value is -1.06. The summed E-state index contributed by atoms with van der Waals surface area (Å²) in [6.45, 7) is 2.02. The number of Topliss-reactive ketones (excluding diaryl/α,β-unsaturated/α-hetero) is 1. The molecule has 0 N–H and O–H groups in total. The van der Waals surface area contributed by atoms with Crippen molar-refractivity contribution in [2.45, 2.75) is 32.1 Å². The number of halogens is 2. The van der Waals surface area contributed by atoms with Gasteiger partial charge in [0, 0.05) is 16.0 Å². The van der Waals surface area contributed by atoms with Crippen molar-refractivity contribution in [3.05, 3.63) is 33.8 Å². The lowest BCUT2D eigenvalue weighted by molar-refractivity contribution is -0.153. The minimum atomic E-state index is -0.666. The fourth-order valence-corrected chi connectivity index (χ4v) is 3.16. The van der Waals surface area contributed by atoms with Gasteiger partial charge in [-0.1, -0.05) is 35.7 Å². The maximum atomic E-state index is 12.5. The largest absolute Gasteiger partial charge is 0.465 e. The summed E-state index contributed by atoms with van der Waals surface area (Å²) >= 11 is 12.0. The first-order valence-corrected chi connectivity index (χ1v) is 7.45. The molecule has 1 saturated carbocycles. The summed E-state index contributed by atoms with van der Waals surface area (Å²) in [4.78, 5) is 24.3. The van der Waals surface area contributed by atoms with Crippen LogP contribution in [0, 0.1) is 5.92 Å². The molecule has 1 fully saturated rings. The Kier molecular flexibility index (Phi) is 5.06. The van der Waals surface area contributed by atoms with Crippen LogP contribution in [0.3, 0.4) is 0 Å². The van der Waals surface area contributed by atoms with Crippen molar-refractivity contribution in [1.29, 1.82) is 0 Å². The van der Waals surface area contributed by atoms with E-state index in [2.05, 4.69) is 0 Å². The number of carbonyl (C=O) groups is 2. The lowest BCUT2D eigenvalue weighted by atomic mass is 9.77. The second kappa shape index (κ2) is 6.59. The molecular weight excluding hydrogens is 299 g/mol. The standard InChI is InChI=1S/C15H16Cl2O3/c1-2-20-15(19)12-5-3-4-11(14(12)18)10-7-6-9(16)8-13(10)17/h6-8,11-12H,2-5H2,1H3. The van der Waals surface area contributed by atoms with E-state index in [1.165, 1.54) is 0 Å². The molecule has 1 aromatic carbocycles. The van der Waals surface area contributed by atoms with Crippen LogP contribution in [0.5, 0.6) is 0 Å². The van der Waals surface area contributed by atoms with Crippen LogP contribution in [0.1, 0.15) is 37.7 Å². The number of hydrogen-bond acceptors (Lipinski definition) is 3. The highest BCUT2D eigenvalue weighted by Crippen LogP contribution is 2.37. The molecule has 0 saturated heterocycles. The van der Waals surface area contributed by atoms with E-state index < -0.39 is 11.9 Å². The molecule has 2 rings (SSSR count). The van der Waals surface area contributed by atoms with Crippen molar-refractivity contribution in [2.24, 2.45) is 5.92 Å². The van der Waals surface area contributed by atoms with E-state index >= 15 is 0 Å². The first kappa shape index (κ1) is 15.3. The number of rotatable bonds is 3. The molecular formula is C15H16Cl2O3. The third-order valence-electron chi connectivity index (χ3n) is 3.58. The van der Waals surface area contributed by atoms with Crippen LogP contribution in [0.15, 0.2) is 18.2 Å². The molecule has 0 bridgehead atoms. The predicted octanol–water partition coefficient (Wildman–Crippen LogP) is 4.01. The third-order valence-corrected chi connectivity index (χ3v) is 4.14. The van der Waals surface area contributed by atoms with Gasteiger partial charge in [-0.3, -0.25) is 9.59 Å². The van der Waals surface area contributed by atoms with Crippen LogP contribution in [-0.4, -0.2) is 18.4 Å². The lowest BCUT2D eigenvalue weighted by Gasteiger charge is -2.27. The van der Waals surface area contributed by atoms with Crippen molar-refractivity contribution >= 4 is 35.0 Å². The van der Waals surface area contributed by atoms with E-state index in [1.54, 1.807) is 25.1 Å². The summed E-state index contributed by atoms with van der Waals surface area (Å²) in [7, 11) is 0. The van der Waals surface area contributed by atoms with Gasteiger partial charge in [0.15, 0.2) is 5.78 Å². The van der Waals surface area contributed by atoms with Crippen LogP contribution < -0.4 is 0 Å². The van der Waals surface area contributed by atoms with Crippen molar-refractivity contribution < 1.29 is 14.3 Å². The zero-order chi connectivity index (χ0) is 14.7. The van der Waals surface area contributed by atoms with Gasteiger partial charge in [-0.05, 0) is 37.5 Å². The second-order valence-corrected chi connectivity index (χ2v) is 5.70. The Labute approximate surface area is 128 Å². The number of esters is 1. The van der Waals surface area contributed by atoms with Gasteiger partial charge in [-0.25, -0.2) is 0 Å². The molecule has 0 aromatic heterocycles. The van der Waals surface area contributed by atoms with Gasteiger partial charge in [0.25, 0.3) is 0 Å². The molecule has 1 aromatic rings. The molecule has 3 nitrogen and oxygen atoms in total. The predicted molar refractivity (Wildman–Crippen MR) is 78.2 cm³/mol. The summed E-state index contributed by atoms with van der Waals surface area (Å²) in [5.41, 5.74) is 0.745. The number of ketones is 1. The summed E-state index contributed by atoms with van der Waals surface area (Å²) in [5, 5.41) is 1.00. The molecule has 108 valence electrons. The molecule has 0 spiro atoms. The van der Waals surface area contributed by atoms with E-state index in [0.717, 1.165) is 12.0 Å². The van der Waals surface area contributed by atoms with E-state index in [-0.39, 0.29) is 18.3 Å². The van der Waals surface area contributed by atoms with Gasteiger partial charge in [0.05, 0.1) is 6.61 Å². The highest BCUT2D eigenvalue weighted by molar-refractivity contribution is 6.35. The SMILES string of the molecule is CCOC(=O)C1CCCC(c2ccc(Cl)cc2Cl)C1=O. The first-order valence-electron chi connectivity index (χ1n) is 6.70. The smallest absolute Gasteiger partial charge is 0.316 e. The molecule has 1 aliphatic carbocycles. The normalized spacial score (nSPS) is 22.6. The van der Waals surface area contributed by atoms with Crippen molar-refractivity contribution in [2.75, 3.05) is 6.61 Å². The van der Waals surface area contributed by atoms with E-state index in [0.29, 0.717) is 22.9 Å². The Morgan fingerprint density at radius 3 is 2.75 bits per heavy atom. The summed E-state index contributed by atoms with van der Waals surface area (Å²) < 4.78 is 4.97. The fraction of sp³-hybridized carbons (Fsp3) is 0.467. The van der Waals surface area contributed by atoms with E-state index in [1.807, 2.05) is 0 Å². The number of benzene rings is 1. The average Bonchev–Trinajstić information content (AvgIpc) is 2.40. The van der Waals surface area contributed by atoms with E-state index in [4.69, 9.17) is 27.9 Å². The molecule has 1 aliphatic rings. The molecule has 0 radical (unpaired) electrons. The van der Waals surface area contributed by atoms with Gasteiger partial charge in [-0.15, -0.1) is 0 Å². The van der Waals surface area contributed by atoms with Crippen LogP contribution in [0.25, 0.3) is 0 Å². The van der Waals surface area contributed by atoms with Crippen LogP contribution in [0.2, 0.25) is 10.0 Å². The maximum absolute atomic E-state index is 12.5. The zero-order valence-corrected chi connectivity index (χ0v) is 12.7. The Morgan fingerprint density at radius 2 is 2.10 bits per heavy atom. The van der Waals surface area contributed by atoms with Crippen molar-refractivity contribution in [1.82, 2.24) is 0 Å². The van der Waals surface area contributed by atoms with Crippen molar-refractivity contribution in [3.8, 4) is 0 Å². The second-order valence-electron chi connectivity index (χ2n) is 4.86. The van der Waals surface area contributed by atoms with Gasteiger partial charge in [0.1, 0.15) is 5.92 Å². The van der Waals surface area contributed by atoms with Crippen LogP contribution in [0.4, 0.5) is 0 Å². The van der Waals surface area contributed by atoms with Crippen molar-refractivity contribution in [3.63, 3.8) is 0 Å². The fourth-order valence-electron chi connectivity index (χ4n) is 2.62. The molecule has 20 heavy (non-hydrogen) atoms. The highest BCUT2D eigenvalue weighted by Gasteiger charge is 2.38. The number of carbonyl (C=O) groups excluding carboxylic acids is 2. The summed E-state index contributed by atoms with van der Waals surface area (Å²) in [5.74, 6) is -1.53. The lowest BCUT2D eigenvalue weighted by Crippen LogP contribution is -2.34. The zero-order valence-electron chi connectivity index (χ0n) is 11.2. The number of ether oxygens (including phenoxy) is 1. The number of hydrogen-bond donors (Lipinski definition) is 0. The van der Waals surface area contributed by atoms with Gasteiger partial charge in [0.2, 0.25) is 0 Å². The molecule has 5 heteroatoms. The topological polar surface area (TPSA) is 43.4 Å². The van der Waals surface area contributed by atoms with Crippen LogP contribution in [-0.2, 0) is 14.3 Å². The molecule has 0 amide bonds. The van der Waals surface area contributed by atoms with Gasteiger partial charge < -0.3 is 4.74 Å². The molecule has 0 aliphatic heterocycles. The van der Waals surface area contributed by atoms with E-state index in [9.17, 15) is 9.59 Å². The van der Waals surface area contributed by atoms with Crippen LogP contribution >= 0.6 is 23.2 Å². The summed E-state index contributed by atoms with van der Waals surface area (Å²) in [6.07, 6.45) is 2.06.